The highest BCUT2D eigenvalue weighted by Gasteiger charge is 2.51. The molecule has 0 aromatic heterocycles. The molecule has 1 aromatic carbocycles. The fourth-order valence-corrected chi connectivity index (χ4v) is 4.63. The fourth-order valence-electron chi connectivity index (χ4n) is 4.63. The van der Waals surface area contributed by atoms with Gasteiger partial charge in [-0.3, -0.25) is 14.4 Å². The average molecular weight is 474 g/mol. The predicted octanol–water partition coefficient (Wildman–Crippen LogP) is 1.87. The SMILES string of the molecule is CCCCCCCN1C[C@H]2N(C(=O)CN(C)N2C(=O)NCc2ccccc2)[C@@H](CC(=O)O)C1=O. The Balaban J connectivity index is 1.79. The molecule has 0 aliphatic carbocycles. The van der Waals surface area contributed by atoms with Gasteiger partial charge in [-0.2, -0.15) is 0 Å². The number of nitrogens with one attached hydrogen (secondary N) is 1. The molecule has 2 N–H and O–H groups in total. The van der Waals surface area contributed by atoms with E-state index in [-0.39, 0.29) is 24.9 Å². The lowest BCUT2D eigenvalue weighted by molar-refractivity contribution is -0.188. The highest BCUT2D eigenvalue weighted by Crippen LogP contribution is 2.27. The highest BCUT2D eigenvalue weighted by molar-refractivity contribution is 5.93. The third kappa shape index (κ3) is 6.05. The molecule has 0 radical (unpaired) electrons. The maximum atomic E-state index is 13.2. The van der Waals surface area contributed by atoms with Crippen molar-refractivity contribution < 1.29 is 24.3 Å². The van der Waals surface area contributed by atoms with Gasteiger partial charge in [0, 0.05) is 20.1 Å². The van der Waals surface area contributed by atoms with E-state index in [2.05, 4.69) is 12.2 Å². The van der Waals surface area contributed by atoms with Gasteiger partial charge in [-0.05, 0) is 12.0 Å². The number of carboxylic acids is 1. The Morgan fingerprint density at radius 3 is 2.47 bits per heavy atom. The van der Waals surface area contributed by atoms with Gasteiger partial charge in [0.15, 0.2) is 0 Å². The molecule has 34 heavy (non-hydrogen) atoms. The van der Waals surface area contributed by atoms with E-state index in [9.17, 15) is 24.3 Å². The number of carbonyl (C=O) groups excluding carboxylic acids is 3. The van der Waals surface area contributed by atoms with Gasteiger partial charge in [-0.1, -0.05) is 62.9 Å². The van der Waals surface area contributed by atoms with E-state index in [1.165, 1.54) is 14.9 Å². The van der Waals surface area contributed by atoms with Crippen LogP contribution in [0, 0.1) is 0 Å². The standard InChI is InChI=1S/C24H35N5O5/c1-3-4-5-6-10-13-27-16-20-28(19(23(27)33)14-22(31)32)21(30)17-26(2)29(20)24(34)25-15-18-11-8-7-9-12-18/h7-9,11-12,19-20H,3-6,10,13-17H2,1-2H3,(H,25,34)(H,31,32)/t19-,20-/m0/s1. The Labute approximate surface area is 200 Å². The van der Waals surface area contributed by atoms with Crippen LogP contribution in [0.1, 0.15) is 51.0 Å². The molecule has 2 heterocycles. The van der Waals surface area contributed by atoms with Gasteiger partial charge in [-0.25, -0.2) is 14.8 Å². The predicted molar refractivity (Wildman–Crippen MR) is 125 cm³/mol. The number of hydrogen-bond acceptors (Lipinski definition) is 5. The van der Waals surface area contributed by atoms with Crippen molar-refractivity contribution in [3.8, 4) is 0 Å². The van der Waals surface area contributed by atoms with Crippen molar-refractivity contribution in [2.24, 2.45) is 0 Å². The molecule has 10 heteroatoms. The quantitative estimate of drug-likeness (QED) is 0.502. The van der Waals surface area contributed by atoms with E-state index in [4.69, 9.17) is 0 Å². The second kappa shape index (κ2) is 11.8. The first-order chi connectivity index (χ1) is 16.3. The molecule has 186 valence electrons. The highest BCUT2D eigenvalue weighted by atomic mass is 16.4. The number of piperazine rings is 1. The van der Waals surface area contributed by atoms with E-state index >= 15 is 0 Å². The molecule has 1 aromatic rings. The molecule has 0 unspecified atom stereocenters. The largest absolute Gasteiger partial charge is 0.481 e. The maximum absolute atomic E-state index is 13.2. The van der Waals surface area contributed by atoms with Crippen molar-refractivity contribution in [2.75, 3.05) is 26.7 Å². The maximum Gasteiger partial charge on any atom is 0.334 e. The number of carbonyl (C=O) groups is 4. The molecular weight excluding hydrogens is 438 g/mol. The van der Waals surface area contributed by atoms with Gasteiger partial charge < -0.3 is 20.2 Å². The normalized spacial score (nSPS) is 20.9. The topological polar surface area (TPSA) is 114 Å². The van der Waals surface area contributed by atoms with Crippen LogP contribution in [-0.4, -0.2) is 87.6 Å². The Morgan fingerprint density at radius 1 is 1.09 bits per heavy atom. The lowest BCUT2D eigenvalue weighted by atomic mass is 10.0. The lowest BCUT2D eigenvalue weighted by Crippen LogP contribution is -2.76. The van der Waals surface area contributed by atoms with E-state index in [0.29, 0.717) is 13.1 Å². The first-order valence-electron chi connectivity index (χ1n) is 12.0. The van der Waals surface area contributed by atoms with E-state index < -0.39 is 30.6 Å². The number of aliphatic carboxylic acids is 1. The number of amides is 4. The Hall–Kier alpha value is -3.14. The number of hydrogen-bond donors (Lipinski definition) is 2. The number of benzene rings is 1. The van der Waals surface area contributed by atoms with E-state index in [1.807, 2.05) is 30.3 Å². The van der Waals surface area contributed by atoms with Crippen LogP contribution in [0.3, 0.4) is 0 Å². The summed E-state index contributed by atoms with van der Waals surface area (Å²) in [4.78, 5) is 53.8. The Bertz CT molecular complexity index is 880. The summed E-state index contributed by atoms with van der Waals surface area (Å²) in [6, 6.07) is 7.94. The molecule has 2 fully saturated rings. The summed E-state index contributed by atoms with van der Waals surface area (Å²) >= 11 is 0. The third-order valence-electron chi connectivity index (χ3n) is 6.33. The summed E-state index contributed by atoms with van der Waals surface area (Å²) in [7, 11) is 1.65. The van der Waals surface area contributed by atoms with Gasteiger partial charge in [0.2, 0.25) is 11.8 Å². The van der Waals surface area contributed by atoms with Crippen molar-refractivity contribution >= 4 is 23.8 Å². The summed E-state index contributed by atoms with van der Waals surface area (Å²) in [6.45, 7) is 2.95. The second-order valence-electron chi connectivity index (χ2n) is 8.90. The zero-order valence-corrected chi connectivity index (χ0v) is 20.0. The number of carboxylic acid groups (broad SMARTS) is 1. The van der Waals surface area contributed by atoms with Gasteiger partial charge >= 0.3 is 12.0 Å². The smallest absolute Gasteiger partial charge is 0.334 e. The molecule has 4 amide bonds. The number of unbranched alkanes of at least 4 members (excludes halogenated alkanes) is 4. The minimum atomic E-state index is -1.16. The van der Waals surface area contributed by atoms with E-state index in [0.717, 1.165) is 37.7 Å². The number of hydrazine groups is 1. The molecule has 2 saturated heterocycles. The summed E-state index contributed by atoms with van der Waals surface area (Å²) in [6.07, 6.45) is 3.82. The van der Waals surface area contributed by atoms with Crippen molar-refractivity contribution in [2.45, 2.75) is 64.2 Å². The van der Waals surface area contributed by atoms with Crippen LogP contribution in [0.5, 0.6) is 0 Å². The number of urea groups is 1. The lowest BCUT2D eigenvalue weighted by Gasteiger charge is -2.54. The van der Waals surface area contributed by atoms with Crippen LogP contribution in [-0.2, 0) is 20.9 Å². The van der Waals surface area contributed by atoms with Crippen molar-refractivity contribution in [1.82, 2.24) is 25.1 Å². The second-order valence-corrected chi connectivity index (χ2v) is 8.90. The van der Waals surface area contributed by atoms with Crippen molar-refractivity contribution in [3.05, 3.63) is 35.9 Å². The van der Waals surface area contributed by atoms with E-state index in [1.54, 1.807) is 11.9 Å². The van der Waals surface area contributed by atoms with Crippen LogP contribution in [0.25, 0.3) is 0 Å². The molecule has 0 spiro atoms. The summed E-state index contributed by atoms with van der Waals surface area (Å²) < 4.78 is 0. The number of fused-ring (bicyclic) bond motifs is 1. The van der Waals surface area contributed by atoms with Crippen LogP contribution in [0.15, 0.2) is 30.3 Å². The molecule has 10 nitrogen and oxygen atoms in total. The number of likely N-dealkylation sites (N-methyl/N-ethyl adjacent to an activating group) is 1. The van der Waals surface area contributed by atoms with Crippen molar-refractivity contribution in [1.29, 1.82) is 0 Å². The van der Waals surface area contributed by atoms with Gasteiger partial charge in [-0.15, -0.1) is 0 Å². The summed E-state index contributed by atoms with van der Waals surface area (Å²) in [5.41, 5.74) is 0.930. The molecule has 2 aliphatic heterocycles. The first-order valence-corrected chi connectivity index (χ1v) is 12.0. The van der Waals surface area contributed by atoms with Crippen molar-refractivity contribution in [3.63, 3.8) is 0 Å². The van der Waals surface area contributed by atoms with Gasteiger partial charge in [0.25, 0.3) is 0 Å². The third-order valence-corrected chi connectivity index (χ3v) is 6.33. The number of rotatable bonds is 10. The summed E-state index contributed by atoms with van der Waals surface area (Å²) in [5, 5.41) is 15.3. The van der Waals surface area contributed by atoms with Crippen LogP contribution < -0.4 is 5.32 Å². The minimum Gasteiger partial charge on any atom is -0.481 e. The first kappa shape index (κ1) is 25.5. The monoisotopic (exact) mass is 473 g/mol. The summed E-state index contributed by atoms with van der Waals surface area (Å²) in [5.74, 6) is -1.88. The van der Waals surface area contributed by atoms with Crippen LogP contribution in [0.2, 0.25) is 0 Å². The molecule has 2 aliphatic rings. The minimum absolute atomic E-state index is 0.115. The molecule has 2 atom stereocenters. The van der Waals surface area contributed by atoms with Crippen LogP contribution >= 0.6 is 0 Å². The Morgan fingerprint density at radius 2 is 1.79 bits per heavy atom. The fraction of sp³-hybridized carbons (Fsp3) is 0.583. The zero-order valence-electron chi connectivity index (χ0n) is 20.0. The molecule has 0 saturated carbocycles. The average Bonchev–Trinajstić information content (AvgIpc) is 2.80. The number of nitrogens with zero attached hydrogens (tertiary/aromatic N) is 4. The molecule has 0 bridgehead atoms. The van der Waals surface area contributed by atoms with Gasteiger partial charge in [0.1, 0.15) is 12.2 Å². The Kier molecular flexibility index (Phi) is 8.86. The molecular formula is C24H35N5O5. The van der Waals surface area contributed by atoms with Gasteiger partial charge in [0.05, 0.1) is 19.5 Å². The van der Waals surface area contributed by atoms with Crippen LogP contribution in [0.4, 0.5) is 4.79 Å². The zero-order chi connectivity index (χ0) is 24.7. The molecule has 3 rings (SSSR count).